The van der Waals surface area contributed by atoms with Gasteiger partial charge < -0.3 is 14.8 Å². The van der Waals surface area contributed by atoms with Crippen LogP contribution in [-0.2, 0) is 0 Å². The topological polar surface area (TPSA) is 56.3 Å². The summed E-state index contributed by atoms with van der Waals surface area (Å²) in [5.41, 5.74) is 0. The maximum Gasteiger partial charge on any atom is 0.218 e. The van der Waals surface area contributed by atoms with E-state index in [2.05, 4.69) is 15.3 Å². The van der Waals surface area contributed by atoms with E-state index < -0.39 is 0 Å². The summed E-state index contributed by atoms with van der Waals surface area (Å²) in [5.74, 6) is 2.16. The standard InChI is InChI=1S/C15H19N3O2/c1-12(2)20-15-10-14(17-11-18-15)16-8-9-19-13-6-4-3-5-7-13/h3-7,10-12H,8-9H2,1-2H3,(H,16,17,18). The molecule has 1 heterocycles. The highest BCUT2D eigenvalue weighted by atomic mass is 16.5. The van der Waals surface area contributed by atoms with E-state index in [1.54, 1.807) is 6.07 Å². The second-order valence-electron chi connectivity index (χ2n) is 4.50. The lowest BCUT2D eigenvalue weighted by Gasteiger charge is -2.10. The molecule has 0 amide bonds. The van der Waals surface area contributed by atoms with E-state index in [0.717, 1.165) is 11.6 Å². The average Bonchev–Trinajstić information content (AvgIpc) is 2.44. The van der Waals surface area contributed by atoms with Crippen molar-refractivity contribution in [2.75, 3.05) is 18.5 Å². The van der Waals surface area contributed by atoms with E-state index in [1.807, 2.05) is 44.2 Å². The van der Waals surface area contributed by atoms with Gasteiger partial charge in [0.2, 0.25) is 5.88 Å². The second kappa shape index (κ2) is 7.33. The lowest BCUT2D eigenvalue weighted by atomic mass is 10.3. The van der Waals surface area contributed by atoms with Crippen molar-refractivity contribution in [1.29, 1.82) is 0 Å². The minimum absolute atomic E-state index is 0.0964. The van der Waals surface area contributed by atoms with Gasteiger partial charge in [0.25, 0.3) is 0 Å². The predicted molar refractivity (Wildman–Crippen MR) is 78.2 cm³/mol. The zero-order valence-electron chi connectivity index (χ0n) is 11.7. The summed E-state index contributed by atoms with van der Waals surface area (Å²) in [7, 11) is 0. The van der Waals surface area contributed by atoms with Crippen molar-refractivity contribution in [2.45, 2.75) is 20.0 Å². The summed E-state index contributed by atoms with van der Waals surface area (Å²) in [5, 5.41) is 3.17. The van der Waals surface area contributed by atoms with Crippen LogP contribution in [0.2, 0.25) is 0 Å². The number of hydrogen-bond acceptors (Lipinski definition) is 5. The Morgan fingerprint density at radius 1 is 1.15 bits per heavy atom. The van der Waals surface area contributed by atoms with Crippen molar-refractivity contribution in [1.82, 2.24) is 9.97 Å². The number of rotatable bonds is 7. The van der Waals surface area contributed by atoms with Gasteiger partial charge in [0, 0.05) is 6.07 Å². The first-order valence-electron chi connectivity index (χ1n) is 6.64. The van der Waals surface area contributed by atoms with E-state index in [4.69, 9.17) is 9.47 Å². The third-order valence-electron chi connectivity index (χ3n) is 2.42. The van der Waals surface area contributed by atoms with Crippen LogP contribution < -0.4 is 14.8 Å². The number of aromatic nitrogens is 2. The Hall–Kier alpha value is -2.30. The monoisotopic (exact) mass is 273 g/mol. The third kappa shape index (κ3) is 4.76. The molecule has 0 saturated carbocycles. The Morgan fingerprint density at radius 2 is 1.95 bits per heavy atom. The molecular weight excluding hydrogens is 254 g/mol. The van der Waals surface area contributed by atoms with Gasteiger partial charge in [-0.1, -0.05) is 18.2 Å². The average molecular weight is 273 g/mol. The molecule has 1 N–H and O–H groups in total. The van der Waals surface area contributed by atoms with Crippen molar-refractivity contribution in [3.63, 3.8) is 0 Å². The second-order valence-corrected chi connectivity index (χ2v) is 4.50. The summed E-state index contributed by atoms with van der Waals surface area (Å²) in [6, 6.07) is 11.5. The van der Waals surface area contributed by atoms with E-state index in [0.29, 0.717) is 19.0 Å². The van der Waals surface area contributed by atoms with Gasteiger partial charge in [-0.05, 0) is 26.0 Å². The Bertz CT molecular complexity index is 518. The van der Waals surface area contributed by atoms with Crippen LogP contribution >= 0.6 is 0 Å². The van der Waals surface area contributed by atoms with E-state index in [9.17, 15) is 0 Å². The Kier molecular flexibility index (Phi) is 5.17. The summed E-state index contributed by atoms with van der Waals surface area (Å²) >= 11 is 0. The van der Waals surface area contributed by atoms with Gasteiger partial charge in [0.15, 0.2) is 0 Å². The molecular formula is C15H19N3O2. The molecule has 1 aromatic carbocycles. The van der Waals surface area contributed by atoms with Crippen molar-refractivity contribution in [3.05, 3.63) is 42.7 Å². The number of benzene rings is 1. The molecule has 0 atom stereocenters. The van der Waals surface area contributed by atoms with Crippen molar-refractivity contribution >= 4 is 5.82 Å². The Balaban J connectivity index is 1.76. The molecule has 2 rings (SSSR count). The molecule has 0 bridgehead atoms. The molecule has 1 aromatic heterocycles. The summed E-state index contributed by atoms with van der Waals surface area (Å²) in [6.07, 6.45) is 1.58. The minimum atomic E-state index is 0.0964. The molecule has 20 heavy (non-hydrogen) atoms. The number of para-hydroxylation sites is 1. The molecule has 0 aliphatic carbocycles. The van der Waals surface area contributed by atoms with Crippen LogP contribution in [0.4, 0.5) is 5.82 Å². The third-order valence-corrected chi connectivity index (χ3v) is 2.42. The maximum atomic E-state index is 5.59. The first kappa shape index (κ1) is 14.1. The van der Waals surface area contributed by atoms with Gasteiger partial charge in [-0.3, -0.25) is 0 Å². The van der Waals surface area contributed by atoms with Gasteiger partial charge in [0.05, 0.1) is 12.6 Å². The van der Waals surface area contributed by atoms with Crippen LogP contribution in [0.3, 0.4) is 0 Å². The Morgan fingerprint density at radius 3 is 2.70 bits per heavy atom. The highest BCUT2D eigenvalue weighted by Gasteiger charge is 2.01. The fraction of sp³-hybridized carbons (Fsp3) is 0.333. The van der Waals surface area contributed by atoms with Gasteiger partial charge >= 0.3 is 0 Å². The van der Waals surface area contributed by atoms with Crippen molar-refractivity contribution < 1.29 is 9.47 Å². The normalized spacial score (nSPS) is 10.3. The Labute approximate surface area is 119 Å². The molecule has 0 saturated heterocycles. The number of anilines is 1. The van der Waals surface area contributed by atoms with Crippen molar-refractivity contribution in [3.8, 4) is 11.6 Å². The molecule has 106 valence electrons. The number of nitrogens with one attached hydrogen (secondary N) is 1. The van der Waals surface area contributed by atoms with Gasteiger partial charge in [0.1, 0.15) is 24.5 Å². The lowest BCUT2D eigenvalue weighted by Crippen LogP contribution is -2.13. The smallest absolute Gasteiger partial charge is 0.218 e. The fourth-order valence-corrected chi connectivity index (χ4v) is 1.61. The highest BCUT2D eigenvalue weighted by molar-refractivity contribution is 5.37. The van der Waals surface area contributed by atoms with Crippen LogP contribution in [-0.4, -0.2) is 29.2 Å². The maximum absolute atomic E-state index is 5.59. The fourth-order valence-electron chi connectivity index (χ4n) is 1.61. The van der Waals surface area contributed by atoms with Crippen LogP contribution in [0.25, 0.3) is 0 Å². The van der Waals surface area contributed by atoms with Crippen LogP contribution in [0.15, 0.2) is 42.7 Å². The zero-order chi connectivity index (χ0) is 14.2. The van der Waals surface area contributed by atoms with Crippen molar-refractivity contribution in [2.24, 2.45) is 0 Å². The highest BCUT2D eigenvalue weighted by Crippen LogP contribution is 2.12. The molecule has 0 unspecified atom stereocenters. The number of nitrogens with zero attached hydrogens (tertiary/aromatic N) is 2. The van der Waals surface area contributed by atoms with Crippen LogP contribution in [0, 0.1) is 0 Å². The molecule has 0 aliphatic heterocycles. The molecule has 0 fully saturated rings. The molecule has 5 nitrogen and oxygen atoms in total. The van der Waals surface area contributed by atoms with E-state index in [1.165, 1.54) is 6.33 Å². The van der Waals surface area contributed by atoms with Gasteiger partial charge in [-0.25, -0.2) is 9.97 Å². The van der Waals surface area contributed by atoms with Crippen LogP contribution in [0.5, 0.6) is 11.6 Å². The minimum Gasteiger partial charge on any atom is -0.492 e. The molecule has 0 radical (unpaired) electrons. The quantitative estimate of drug-likeness (QED) is 0.786. The summed E-state index contributed by atoms with van der Waals surface area (Å²) < 4.78 is 11.1. The molecule has 2 aromatic rings. The number of ether oxygens (including phenoxy) is 2. The van der Waals surface area contributed by atoms with Gasteiger partial charge in [-0.2, -0.15) is 0 Å². The number of hydrogen-bond donors (Lipinski definition) is 1. The van der Waals surface area contributed by atoms with E-state index >= 15 is 0 Å². The largest absolute Gasteiger partial charge is 0.492 e. The predicted octanol–water partition coefficient (Wildman–Crippen LogP) is 2.75. The first-order chi connectivity index (χ1) is 9.74. The lowest BCUT2D eigenvalue weighted by molar-refractivity contribution is 0.232. The summed E-state index contributed by atoms with van der Waals surface area (Å²) in [6.45, 7) is 5.15. The van der Waals surface area contributed by atoms with Crippen LogP contribution in [0.1, 0.15) is 13.8 Å². The molecule has 0 aliphatic rings. The SMILES string of the molecule is CC(C)Oc1cc(NCCOc2ccccc2)ncn1. The zero-order valence-corrected chi connectivity index (χ0v) is 11.7. The summed E-state index contributed by atoms with van der Waals surface area (Å²) in [4.78, 5) is 8.18. The van der Waals surface area contributed by atoms with E-state index in [-0.39, 0.29) is 6.10 Å². The van der Waals surface area contributed by atoms with Gasteiger partial charge in [-0.15, -0.1) is 0 Å². The molecule has 0 spiro atoms. The first-order valence-corrected chi connectivity index (χ1v) is 6.64. The molecule has 5 heteroatoms.